The summed E-state index contributed by atoms with van der Waals surface area (Å²) >= 11 is 1.37. The fraction of sp³-hybridized carbons (Fsp3) is 0.588. The normalized spacial score (nSPS) is 12.2. The lowest BCUT2D eigenvalue weighted by atomic mass is 10.0. The van der Waals surface area contributed by atoms with Crippen molar-refractivity contribution in [3.8, 4) is 5.75 Å². The molecular formula is C34H51N3O5S2. The number of ether oxygens (including phenoxy) is 1. The molecule has 1 heterocycles. The summed E-state index contributed by atoms with van der Waals surface area (Å²) in [5, 5.41) is 13.9. The van der Waals surface area contributed by atoms with Gasteiger partial charge in [-0.1, -0.05) is 127 Å². The Kier molecular flexibility index (Phi) is 15.8. The van der Waals surface area contributed by atoms with Crippen LogP contribution in [0.25, 0.3) is 10.2 Å². The number of hydrogen-bond donors (Lipinski definition) is 2. The smallest absolute Gasteiger partial charge is 0.339 e. The van der Waals surface area contributed by atoms with Gasteiger partial charge in [-0.25, -0.2) is 4.79 Å². The molecule has 0 unspecified atom stereocenters. The van der Waals surface area contributed by atoms with Gasteiger partial charge in [0.05, 0.1) is 21.7 Å². The Morgan fingerprint density at radius 3 is 1.98 bits per heavy atom. The number of nitrogens with one attached hydrogen (secondary N) is 1. The number of hydrogen-bond acceptors (Lipinski definition) is 6. The molecule has 0 bridgehead atoms. The molecule has 0 aliphatic heterocycles. The zero-order valence-electron chi connectivity index (χ0n) is 26.6. The first-order valence-electron chi connectivity index (χ1n) is 16.5. The van der Waals surface area contributed by atoms with Crippen molar-refractivity contribution in [1.82, 2.24) is 9.40 Å². The van der Waals surface area contributed by atoms with Crippen molar-refractivity contribution in [2.75, 3.05) is 6.61 Å². The molecule has 2 N–H and O–H groups in total. The molecule has 44 heavy (non-hydrogen) atoms. The fourth-order valence-electron chi connectivity index (χ4n) is 5.37. The fourth-order valence-corrected chi connectivity index (χ4v) is 7.31. The maximum atomic E-state index is 13.0. The Labute approximate surface area is 267 Å². The van der Waals surface area contributed by atoms with Crippen LogP contribution in [-0.2, 0) is 16.6 Å². The van der Waals surface area contributed by atoms with Gasteiger partial charge in [0, 0.05) is 6.54 Å². The van der Waals surface area contributed by atoms with E-state index >= 15 is 0 Å². The highest BCUT2D eigenvalue weighted by molar-refractivity contribution is 7.89. The summed E-state index contributed by atoms with van der Waals surface area (Å²) in [6.45, 7) is 5.24. The van der Waals surface area contributed by atoms with Crippen molar-refractivity contribution < 1.29 is 23.1 Å². The first-order chi connectivity index (χ1) is 21.4. The minimum Gasteiger partial charge on any atom is -0.493 e. The first kappa shape index (κ1) is 35.6. The number of nitrogens with zero attached hydrogens (tertiary/aromatic N) is 2. The summed E-state index contributed by atoms with van der Waals surface area (Å²) in [6.07, 6.45) is 20.5. The van der Waals surface area contributed by atoms with Crippen LogP contribution < -0.4 is 14.4 Å². The quantitative estimate of drug-likeness (QED) is 0.0791. The second-order valence-electron chi connectivity index (χ2n) is 11.4. The van der Waals surface area contributed by atoms with Gasteiger partial charge >= 0.3 is 5.97 Å². The van der Waals surface area contributed by atoms with Crippen LogP contribution in [0.1, 0.15) is 127 Å². The third-order valence-corrected chi connectivity index (χ3v) is 10.2. The maximum Gasteiger partial charge on any atom is 0.339 e. The number of carboxylic acids is 1. The number of unbranched alkanes of at least 4 members (excludes halogenated alkanes) is 15. The number of aromatic nitrogens is 1. The maximum absolute atomic E-state index is 13.0. The zero-order valence-corrected chi connectivity index (χ0v) is 28.2. The van der Waals surface area contributed by atoms with E-state index in [1.54, 1.807) is 0 Å². The van der Waals surface area contributed by atoms with E-state index in [0.29, 0.717) is 18.0 Å². The van der Waals surface area contributed by atoms with Gasteiger partial charge < -0.3 is 14.4 Å². The number of benzene rings is 2. The van der Waals surface area contributed by atoms with Gasteiger partial charge in [-0.3, -0.25) is 0 Å². The number of carbonyl (C=O) groups is 1. The lowest BCUT2D eigenvalue weighted by molar-refractivity contribution is 0.0691. The van der Waals surface area contributed by atoms with Crippen LogP contribution in [0.5, 0.6) is 5.75 Å². The number of carboxylic acid groups (broad SMARTS) is 1. The van der Waals surface area contributed by atoms with Gasteiger partial charge in [0.25, 0.3) is 10.0 Å². The summed E-state index contributed by atoms with van der Waals surface area (Å²) in [4.78, 5) is 14.5. The van der Waals surface area contributed by atoms with Crippen LogP contribution in [0.3, 0.4) is 0 Å². The largest absolute Gasteiger partial charge is 0.493 e. The molecule has 0 radical (unpaired) electrons. The molecule has 2 aromatic carbocycles. The van der Waals surface area contributed by atoms with Gasteiger partial charge in [0.2, 0.25) is 4.80 Å². The van der Waals surface area contributed by atoms with Gasteiger partial charge in [-0.05, 0) is 43.7 Å². The number of rotatable bonds is 23. The minimum absolute atomic E-state index is 0.169. The van der Waals surface area contributed by atoms with Crippen LogP contribution in [0.2, 0.25) is 0 Å². The predicted molar refractivity (Wildman–Crippen MR) is 180 cm³/mol. The highest BCUT2D eigenvalue weighted by atomic mass is 32.2. The van der Waals surface area contributed by atoms with E-state index < -0.39 is 16.0 Å². The molecule has 0 spiro atoms. The average Bonchev–Trinajstić information content (AvgIpc) is 3.39. The van der Waals surface area contributed by atoms with Crippen LogP contribution in [-0.4, -0.2) is 30.7 Å². The Balaban J connectivity index is 1.37. The Bertz CT molecular complexity index is 1460. The van der Waals surface area contributed by atoms with Crippen LogP contribution in [0, 0.1) is 0 Å². The number of para-hydroxylation sites is 1. The van der Waals surface area contributed by atoms with E-state index in [0.717, 1.165) is 35.5 Å². The number of aryl methyl sites for hydroxylation is 1. The second-order valence-corrected chi connectivity index (χ2v) is 14.1. The molecular weight excluding hydrogens is 595 g/mol. The second kappa shape index (κ2) is 19.5. The number of thiazole rings is 1. The highest BCUT2D eigenvalue weighted by Gasteiger charge is 2.20. The summed E-state index contributed by atoms with van der Waals surface area (Å²) in [5.41, 5.74) is 0.784. The van der Waals surface area contributed by atoms with Crippen LogP contribution in [0.4, 0.5) is 0 Å². The summed E-state index contributed by atoms with van der Waals surface area (Å²) in [6, 6.07) is 11.7. The molecule has 0 saturated carbocycles. The molecule has 8 nitrogen and oxygen atoms in total. The van der Waals surface area contributed by atoms with Gasteiger partial charge in [0.15, 0.2) is 0 Å². The lowest BCUT2D eigenvalue weighted by Gasteiger charge is -2.11. The molecule has 0 aliphatic carbocycles. The highest BCUT2D eigenvalue weighted by Crippen LogP contribution is 2.24. The Morgan fingerprint density at radius 1 is 0.841 bits per heavy atom. The van der Waals surface area contributed by atoms with Gasteiger partial charge in [-0.2, -0.15) is 13.2 Å². The molecule has 0 atom stereocenters. The molecule has 3 rings (SSSR count). The third-order valence-electron chi connectivity index (χ3n) is 7.91. The molecule has 0 saturated heterocycles. The number of aromatic carboxylic acids is 1. The van der Waals surface area contributed by atoms with E-state index in [2.05, 4.69) is 16.9 Å². The third kappa shape index (κ3) is 11.6. The average molecular weight is 646 g/mol. The molecule has 0 amide bonds. The summed E-state index contributed by atoms with van der Waals surface area (Å²) < 4.78 is 34.6. The number of sulfonamides is 1. The topological polar surface area (TPSA) is 110 Å². The van der Waals surface area contributed by atoms with Crippen molar-refractivity contribution in [2.24, 2.45) is 5.10 Å². The molecule has 0 fully saturated rings. The Hall–Kier alpha value is -2.85. The van der Waals surface area contributed by atoms with E-state index in [4.69, 9.17) is 4.74 Å². The van der Waals surface area contributed by atoms with Gasteiger partial charge in [-0.15, -0.1) is 5.10 Å². The molecule has 244 valence electrons. The standard InChI is InChI=1S/C34H51N3O5S2/c1-3-5-6-7-8-9-10-11-12-13-14-15-16-17-18-21-26-42-31-25-24-28(27-29(31)33(38)39)44(40,41)36-35-34-37(4-2)30-22-19-20-23-32(30)43-34/h19-20,22-25,27,36H,3-18,21,26H2,1-2H3,(H,38,39). The van der Waals surface area contributed by atoms with Crippen molar-refractivity contribution in [2.45, 2.75) is 128 Å². The molecule has 3 aromatic rings. The van der Waals surface area contributed by atoms with Crippen molar-refractivity contribution in [3.63, 3.8) is 0 Å². The minimum atomic E-state index is -4.09. The summed E-state index contributed by atoms with van der Waals surface area (Å²) in [7, 11) is -4.09. The zero-order chi connectivity index (χ0) is 31.6. The van der Waals surface area contributed by atoms with E-state index in [1.807, 2.05) is 35.8 Å². The Morgan fingerprint density at radius 2 is 1.41 bits per heavy atom. The molecule has 0 aliphatic rings. The predicted octanol–water partition coefficient (Wildman–Crippen LogP) is 8.86. The van der Waals surface area contributed by atoms with Crippen LogP contribution >= 0.6 is 11.3 Å². The number of fused-ring (bicyclic) bond motifs is 1. The van der Waals surface area contributed by atoms with E-state index in [9.17, 15) is 18.3 Å². The molecule has 1 aromatic heterocycles. The van der Waals surface area contributed by atoms with Crippen molar-refractivity contribution in [1.29, 1.82) is 0 Å². The summed E-state index contributed by atoms with van der Waals surface area (Å²) in [5.74, 6) is -1.07. The first-order valence-corrected chi connectivity index (χ1v) is 18.8. The van der Waals surface area contributed by atoms with Crippen molar-refractivity contribution >= 4 is 37.5 Å². The SMILES string of the molecule is CCCCCCCCCCCCCCCCCCOc1ccc(S(=O)(=O)NN=c2sc3ccccc3n2CC)cc1C(=O)O. The lowest BCUT2D eigenvalue weighted by Crippen LogP contribution is -2.24. The monoisotopic (exact) mass is 645 g/mol. The van der Waals surface area contributed by atoms with E-state index in [1.165, 1.54) is 107 Å². The van der Waals surface area contributed by atoms with Crippen molar-refractivity contribution in [3.05, 3.63) is 52.8 Å². The van der Waals surface area contributed by atoms with Crippen LogP contribution in [0.15, 0.2) is 52.5 Å². The van der Waals surface area contributed by atoms with E-state index in [-0.39, 0.29) is 16.2 Å². The van der Waals surface area contributed by atoms with Gasteiger partial charge in [0.1, 0.15) is 11.3 Å². The molecule has 10 heteroatoms.